The van der Waals surface area contributed by atoms with Crippen LogP contribution in [0, 0.1) is 0 Å². The van der Waals surface area contributed by atoms with Crippen LogP contribution in [-0.4, -0.2) is 21.3 Å². The molecule has 0 spiro atoms. The molecule has 1 N–H and O–H groups in total. The van der Waals surface area contributed by atoms with Crippen LogP contribution in [0.5, 0.6) is 0 Å². The number of carbonyl (C=O) groups excluding carboxylic acids is 1. The first-order valence-corrected chi connectivity index (χ1v) is 5.49. The molecule has 96 valence electrons. The molecule has 0 saturated heterocycles. The van der Waals surface area contributed by atoms with Gasteiger partial charge in [0.25, 0.3) is 0 Å². The van der Waals surface area contributed by atoms with Crippen molar-refractivity contribution in [3.63, 3.8) is 0 Å². The van der Waals surface area contributed by atoms with E-state index in [4.69, 9.17) is 13.7 Å². The van der Waals surface area contributed by atoms with Crippen LogP contribution in [0.4, 0.5) is 0 Å². The zero-order valence-electron chi connectivity index (χ0n) is 9.70. The maximum atomic E-state index is 11.7. The van der Waals surface area contributed by atoms with Gasteiger partial charge in [-0.3, -0.25) is 5.10 Å². The van der Waals surface area contributed by atoms with Crippen LogP contribution >= 0.6 is 0 Å². The van der Waals surface area contributed by atoms with E-state index in [-0.39, 0.29) is 12.3 Å². The first-order valence-electron chi connectivity index (χ1n) is 5.49. The molecule has 3 aromatic rings. The highest BCUT2D eigenvalue weighted by molar-refractivity contribution is 5.88. The van der Waals surface area contributed by atoms with E-state index in [0.717, 1.165) is 0 Å². The van der Waals surface area contributed by atoms with Crippen LogP contribution in [-0.2, 0) is 11.3 Å². The van der Waals surface area contributed by atoms with Crippen LogP contribution < -0.4 is 0 Å². The normalized spacial score (nSPS) is 10.5. The Morgan fingerprint density at radius 3 is 3.11 bits per heavy atom. The number of aromatic amines is 1. The molecular weight excluding hydrogens is 250 g/mol. The molecule has 0 fully saturated rings. The van der Waals surface area contributed by atoms with Crippen molar-refractivity contribution in [2.45, 2.75) is 6.61 Å². The van der Waals surface area contributed by atoms with Gasteiger partial charge in [0.1, 0.15) is 11.4 Å². The van der Waals surface area contributed by atoms with Crippen molar-refractivity contribution in [2.75, 3.05) is 0 Å². The van der Waals surface area contributed by atoms with E-state index in [1.807, 2.05) is 0 Å². The van der Waals surface area contributed by atoms with Gasteiger partial charge in [-0.15, -0.1) is 0 Å². The van der Waals surface area contributed by atoms with E-state index in [1.165, 1.54) is 12.5 Å². The molecule has 0 unspecified atom stereocenters. The highest BCUT2D eigenvalue weighted by Crippen LogP contribution is 2.18. The molecule has 0 bridgehead atoms. The Kier molecular flexibility index (Phi) is 2.85. The topological polar surface area (TPSA) is 94.2 Å². The smallest absolute Gasteiger partial charge is 0.356 e. The summed E-state index contributed by atoms with van der Waals surface area (Å²) in [6.45, 7) is 0.0218. The average Bonchev–Trinajstić information content (AvgIpc) is 3.14. The third-order valence-electron chi connectivity index (χ3n) is 2.41. The molecule has 0 aliphatic heterocycles. The number of aromatic nitrogens is 3. The molecule has 3 heterocycles. The largest absolute Gasteiger partial charge is 0.463 e. The molecule has 7 heteroatoms. The Morgan fingerprint density at radius 2 is 2.37 bits per heavy atom. The number of nitrogens with one attached hydrogen (secondary N) is 1. The van der Waals surface area contributed by atoms with Crippen molar-refractivity contribution in [3.8, 4) is 11.5 Å². The van der Waals surface area contributed by atoms with E-state index in [2.05, 4.69) is 15.4 Å². The number of esters is 1. The molecule has 7 nitrogen and oxygen atoms in total. The molecule has 0 amide bonds. The summed E-state index contributed by atoms with van der Waals surface area (Å²) in [5.74, 6) is 0.520. The highest BCUT2D eigenvalue weighted by Gasteiger charge is 2.14. The van der Waals surface area contributed by atoms with Gasteiger partial charge in [-0.05, 0) is 12.1 Å². The van der Waals surface area contributed by atoms with Gasteiger partial charge >= 0.3 is 5.97 Å². The number of hydrogen-bond acceptors (Lipinski definition) is 6. The second-order valence-corrected chi connectivity index (χ2v) is 3.70. The molecule has 0 aliphatic rings. The maximum Gasteiger partial charge on any atom is 0.356 e. The maximum absolute atomic E-state index is 11.7. The third kappa shape index (κ3) is 2.39. The summed E-state index contributed by atoms with van der Waals surface area (Å²) in [6.07, 6.45) is 3.01. The number of furan rings is 1. The molecule has 0 atom stereocenters. The molecule has 3 aromatic heterocycles. The average molecular weight is 259 g/mol. The number of hydrogen-bond donors (Lipinski definition) is 1. The van der Waals surface area contributed by atoms with E-state index < -0.39 is 5.97 Å². The summed E-state index contributed by atoms with van der Waals surface area (Å²) in [4.78, 5) is 11.7. The van der Waals surface area contributed by atoms with Gasteiger partial charge in [-0.1, -0.05) is 5.16 Å². The minimum atomic E-state index is -0.526. The molecule has 0 radical (unpaired) electrons. The van der Waals surface area contributed by atoms with Crippen molar-refractivity contribution in [1.29, 1.82) is 0 Å². The van der Waals surface area contributed by atoms with E-state index >= 15 is 0 Å². The second kappa shape index (κ2) is 4.81. The molecule has 0 saturated carbocycles. The molecule has 0 aliphatic carbocycles. The Balaban J connectivity index is 1.67. The number of nitrogens with zero attached hydrogens (tertiary/aromatic N) is 2. The van der Waals surface area contributed by atoms with Crippen LogP contribution in [0.25, 0.3) is 11.5 Å². The third-order valence-corrected chi connectivity index (χ3v) is 2.41. The Hall–Kier alpha value is -2.83. The standard InChI is InChI=1S/C12H9N3O4/c16-12(18-7-8-3-4-13-19-8)10-6-9(14-15-10)11-2-1-5-17-11/h1-6H,7H2,(H,14,15). The molecule has 3 rings (SSSR count). The SMILES string of the molecule is O=C(OCc1ccno1)c1cc(-c2ccco2)n[nH]1. The van der Waals surface area contributed by atoms with Gasteiger partial charge in [0.15, 0.2) is 18.1 Å². The first kappa shape index (κ1) is 11.3. The Morgan fingerprint density at radius 1 is 1.42 bits per heavy atom. The molecular formula is C12H9N3O4. The summed E-state index contributed by atoms with van der Waals surface area (Å²) in [6, 6.07) is 6.67. The van der Waals surface area contributed by atoms with Crippen LogP contribution in [0.15, 0.2) is 45.7 Å². The van der Waals surface area contributed by atoms with E-state index in [0.29, 0.717) is 17.2 Å². The van der Waals surface area contributed by atoms with Crippen molar-refractivity contribution < 1.29 is 18.5 Å². The minimum absolute atomic E-state index is 0.0218. The van der Waals surface area contributed by atoms with E-state index in [1.54, 1.807) is 24.3 Å². The molecule has 19 heavy (non-hydrogen) atoms. The fourth-order valence-corrected chi connectivity index (χ4v) is 1.51. The number of H-pyrrole nitrogens is 1. The second-order valence-electron chi connectivity index (χ2n) is 3.70. The minimum Gasteiger partial charge on any atom is -0.463 e. The van der Waals surface area contributed by atoms with Crippen LogP contribution in [0.1, 0.15) is 16.2 Å². The fourth-order valence-electron chi connectivity index (χ4n) is 1.51. The van der Waals surface area contributed by atoms with Gasteiger partial charge in [-0.25, -0.2) is 4.79 Å². The lowest BCUT2D eigenvalue weighted by molar-refractivity contribution is 0.0430. The number of carbonyl (C=O) groups is 1. The summed E-state index contributed by atoms with van der Waals surface area (Å²) in [5, 5.41) is 10.1. The van der Waals surface area contributed by atoms with E-state index in [9.17, 15) is 4.79 Å². The predicted octanol–water partition coefficient (Wildman–Crippen LogP) is 2.01. The summed E-state index contributed by atoms with van der Waals surface area (Å²) >= 11 is 0. The van der Waals surface area contributed by atoms with Gasteiger partial charge in [0.2, 0.25) is 0 Å². The van der Waals surface area contributed by atoms with Crippen molar-refractivity contribution in [2.24, 2.45) is 0 Å². The van der Waals surface area contributed by atoms with Gasteiger partial charge in [0, 0.05) is 12.1 Å². The molecule has 0 aromatic carbocycles. The lowest BCUT2D eigenvalue weighted by Gasteiger charge is -1.98. The number of ether oxygens (including phenoxy) is 1. The lowest BCUT2D eigenvalue weighted by atomic mass is 10.3. The summed E-state index contributed by atoms with van der Waals surface area (Å²) in [5.41, 5.74) is 0.780. The fraction of sp³-hybridized carbons (Fsp3) is 0.0833. The first-order chi connectivity index (χ1) is 9.33. The van der Waals surface area contributed by atoms with Crippen LogP contribution in [0.2, 0.25) is 0 Å². The Labute approximate surface area is 107 Å². The summed E-state index contributed by atoms with van der Waals surface area (Å²) in [7, 11) is 0. The zero-order chi connectivity index (χ0) is 13.1. The number of rotatable bonds is 4. The van der Waals surface area contributed by atoms with Crippen molar-refractivity contribution in [1.82, 2.24) is 15.4 Å². The van der Waals surface area contributed by atoms with Gasteiger partial charge in [0.05, 0.1) is 12.5 Å². The van der Waals surface area contributed by atoms with Crippen molar-refractivity contribution >= 4 is 5.97 Å². The van der Waals surface area contributed by atoms with Gasteiger partial charge < -0.3 is 13.7 Å². The Bertz CT molecular complexity index is 655. The summed E-state index contributed by atoms with van der Waals surface area (Å²) < 4.78 is 15.0. The monoisotopic (exact) mass is 259 g/mol. The zero-order valence-corrected chi connectivity index (χ0v) is 9.70. The lowest BCUT2D eigenvalue weighted by Crippen LogP contribution is -2.05. The van der Waals surface area contributed by atoms with Gasteiger partial charge in [-0.2, -0.15) is 5.10 Å². The highest BCUT2D eigenvalue weighted by atomic mass is 16.5. The quantitative estimate of drug-likeness (QED) is 0.720. The van der Waals surface area contributed by atoms with Crippen LogP contribution in [0.3, 0.4) is 0 Å². The predicted molar refractivity (Wildman–Crippen MR) is 61.9 cm³/mol. The van der Waals surface area contributed by atoms with Crippen molar-refractivity contribution in [3.05, 3.63) is 48.2 Å².